The van der Waals surface area contributed by atoms with E-state index in [1.807, 2.05) is 43.3 Å². The molecule has 0 spiro atoms. The Bertz CT molecular complexity index is 1320. The summed E-state index contributed by atoms with van der Waals surface area (Å²) in [5.41, 5.74) is 4.19. The second kappa shape index (κ2) is 9.20. The minimum Gasteiger partial charge on any atom is -0.462 e. The standard InChI is InChI=1S/C26H21ClN2O3/c1-3-32-26(31)20-9-5-7-11-22(20)29-25(30)23-16(2)24(17-12-14-18(27)15-13-17)28-21-10-6-4-8-19(21)23/h4-15H,3H2,1-2H3,(H,29,30). The number of benzene rings is 3. The topological polar surface area (TPSA) is 68.3 Å². The number of nitrogens with zero attached hydrogens (tertiary/aromatic N) is 1. The van der Waals surface area contributed by atoms with Crippen molar-refractivity contribution in [2.24, 2.45) is 0 Å². The number of carbonyl (C=O) groups excluding carboxylic acids is 2. The van der Waals surface area contributed by atoms with Gasteiger partial charge in [-0.15, -0.1) is 0 Å². The summed E-state index contributed by atoms with van der Waals surface area (Å²) in [6.07, 6.45) is 0. The number of pyridine rings is 1. The molecular weight excluding hydrogens is 424 g/mol. The first-order valence-electron chi connectivity index (χ1n) is 10.2. The fourth-order valence-corrected chi connectivity index (χ4v) is 3.78. The maximum Gasteiger partial charge on any atom is 0.340 e. The zero-order valence-corrected chi connectivity index (χ0v) is 18.4. The molecule has 160 valence electrons. The Balaban J connectivity index is 1.82. The van der Waals surface area contributed by atoms with E-state index >= 15 is 0 Å². The molecule has 4 rings (SSSR count). The van der Waals surface area contributed by atoms with E-state index in [1.54, 1.807) is 43.3 Å². The van der Waals surface area contributed by atoms with Gasteiger partial charge in [-0.2, -0.15) is 0 Å². The van der Waals surface area contributed by atoms with Crippen molar-refractivity contribution in [2.45, 2.75) is 13.8 Å². The second-order valence-electron chi connectivity index (χ2n) is 7.20. The summed E-state index contributed by atoms with van der Waals surface area (Å²) in [6, 6.07) is 21.6. The third-order valence-corrected chi connectivity index (χ3v) is 5.40. The van der Waals surface area contributed by atoms with Gasteiger partial charge in [-0.1, -0.05) is 54.1 Å². The lowest BCUT2D eigenvalue weighted by molar-refractivity contribution is 0.0527. The van der Waals surface area contributed by atoms with Gasteiger partial charge in [-0.25, -0.2) is 9.78 Å². The number of hydrogen-bond donors (Lipinski definition) is 1. The Kier molecular flexibility index (Phi) is 6.19. The van der Waals surface area contributed by atoms with Gasteiger partial charge in [0.15, 0.2) is 0 Å². The Morgan fingerprint density at radius 2 is 1.66 bits per heavy atom. The normalized spacial score (nSPS) is 10.7. The van der Waals surface area contributed by atoms with Gasteiger partial charge in [0, 0.05) is 16.0 Å². The molecule has 0 radical (unpaired) electrons. The van der Waals surface area contributed by atoms with E-state index in [1.165, 1.54) is 0 Å². The molecule has 0 aliphatic heterocycles. The van der Waals surface area contributed by atoms with Gasteiger partial charge in [-0.3, -0.25) is 4.79 Å². The lowest BCUT2D eigenvalue weighted by Gasteiger charge is -2.16. The van der Waals surface area contributed by atoms with Crippen LogP contribution in [0.1, 0.15) is 33.2 Å². The largest absolute Gasteiger partial charge is 0.462 e. The third-order valence-electron chi connectivity index (χ3n) is 5.15. The summed E-state index contributed by atoms with van der Waals surface area (Å²) in [5, 5.41) is 4.25. The highest BCUT2D eigenvalue weighted by molar-refractivity contribution is 6.30. The maximum atomic E-state index is 13.5. The van der Waals surface area contributed by atoms with Crippen LogP contribution in [0.4, 0.5) is 5.69 Å². The zero-order chi connectivity index (χ0) is 22.7. The molecule has 0 unspecified atom stereocenters. The van der Waals surface area contributed by atoms with Crippen molar-refractivity contribution >= 4 is 40.1 Å². The van der Waals surface area contributed by atoms with E-state index in [-0.39, 0.29) is 12.5 Å². The highest BCUT2D eigenvalue weighted by atomic mass is 35.5. The van der Waals surface area contributed by atoms with E-state index in [4.69, 9.17) is 21.3 Å². The van der Waals surface area contributed by atoms with Gasteiger partial charge < -0.3 is 10.1 Å². The van der Waals surface area contributed by atoms with Crippen LogP contribution >= 0.6 is 11.6 Å². The fraction of sp³-hybridized carbons (Fsp3) is 0.115. The molecule has 1 heterocycles. The number of rotatable bonds is 5. The van der Waals surface area contributed by atoms with Crippen LogP contribution in [0.2, 0.25) is 5.02 Å². The Hall–Kier alpha value is -3.70. The molecule has 0 aliphatic carbocycles. The van der Waals surface area contributed by atoms with E-state index in [0.717, 1.165) is 16.5 Å². The molecule has 4 aromatic rings. The van der Waals surface area contributed by atoms with Crippen molar-refractivity contribution in [3.63, 3.8) is 0 Å². The van der Waals surface area contributed by atoms with Gasteiger partial charge in [0.1, 0.15) is 0 Å². The molecule has 1 N–H and O–H groups in total. The SMILES string of the molecule is CCOC(=O)c1ccccc1NC(=O)c1c(C)c(-c2ccc(Cl)cc2)nc2ccccc12. The smallest absolute Gasteiger partial charge is 0.340 e. The van der Waals surface area contributed by atoms with Gasteiger partial charge in [0.2, 0.25) is 0 Å². The molecule has 6 heteroatoms. The van der Waals surface area contributed by atoms with Crippen LogP contribution in [0.25, 0.3) is 22.2 Å². The number of para-hydroxylation sites is 2. The van der Waals surface area contributed by atoms with Crippen molar-refractivity contribution in [2.75, 3.05) is 11.9 Å². The number of carbonyl (C=O) groups is 2. The monoisotopic (exact) mass is 444 g/mol. The number of esters is 1. The Morgan fingerprint density at radius 3 is 2.41 bits per heavy atom. The van der Waals surface area contributed by atoms with Crippen LogP contribution in [0.3, 0.4) is 0 Å². The van der Waals surface area contributed by atoms with Crippen molar-refractivity contribution in [1.29, 1.82) is 0 Å². The summed E-state index contributed by atoms with van der Waals surface area (Å²) < 4.78 is 5.13. The van der Waals surface area contributed by atoms with Crippen LogP contribution in [0.5, 0.6) is 0 Å². The third kappa shape index (κ3) is 4.20. The maximum absolute atomic E-state index is 13.5. The number of aromatic nitrogens is 1. The molecule has 1 amide bonds. The molecule has 0 saturated heterocycles. The molecule has 0 aliphatic rings. The molecule has 5 nitrogen and oxygen atoms in total. The molecule has 0 saturated carbocycles. The van der Waals surface area contributed by atoms with Crippen LogP contribution in [0.15, 0.2) is 72.8 Å². The molecule has 0 bridgehead atoms. The lowest BCUT2D eigenvalue weighted by Crippen LogP contribution is -2.18. The van der Waals surface area contributed by atoms with Crippen LogP contribution in [0, 0.1) is 6.92 Å². The van der Waals surface area contributed by atoms with Gasteiger partial charge in [0.25, 0.3) is 5.91 Å². The summed E-state index contributed by atoms with van der Waals surface area (Å²) >= 11 is 6.05. The number of hydrogen-bond acceptors (Lipinski definition) is 4. The summed E-state index contributed by atoms with van der Waals surface area (Å²) in [6.45, 7) is 3.86. The van der Waals surface area contributed by atoms with Crippen LogP contribution in [-0.2, 0) is 4.74 Å². The summed E-state index contributed by atoms with van der Waals surface area (Å²) in [4.78, 5) is 30.6. The Morgan fingerprint density at radius 1 is 0.969 bits per heavy atom. The number of amides is 1. The first-order chi connectivity index (χ1) is 15.5. The molecule has 1 aromatic heterocycles. The Labute approximate surface area is 191 Å². The van der Waals surface area contributed by atoms with Crippen LogP contribution in [-0.4, -0.2) is 23.5 Å². The number of ether oxygens (including phenoxy) is 1. The van der Waals surface area contributed by atoms with E-state index in [2.05, 4.69) is 5.32 Å². The first kappa shape index (κ1) is 21.5. The van der Waals surface area contributed by atoms with Gasteiger partial charge >= 0.3 is 5.97 Å². The highest BCUT2D eigenvalue weighted by Gasteiger charge is 2.21. The predicted octanol–water partition coefficient (Wildman–Crippen LogP) is 6.29. The number of fused-ring (bicyclic) bond motifs is 1. The number of anilines is 1. The first-order valence-corrected chi connectivity index (χ1v) is 10.6. The van der Waals surface area contributed by atoms with E-state index < -0.39 is 5.97 Å². The quantitative estimate of drug-likeness (QED) is 0.367. The van der Waals surface area contributed by atoms with Gasteiger partial charge in [0.05, 0.1) is 34.6 Å². The minimum absolute atomic E-state index is 0.250. The average Bonchev–Trinajstić information content (AvgIpc) is 2.79. The van der Waals surface area contributed by atoms with Crippen molar-refractivity contribution in [3.8, 4) is 11.3 Å². The average molecular weight is 445 g/mol. The number of nitrogens with one attached hydrogen (secondary N) is 1. The molecular formula is C26H21ClN2O3. The molecule has 3 aromatic carbocycles. The number of halogens is 1. The summed E-state index contributed by atoms with van der Waals surface area (Å²) in [7, 11) is 0. The molecule has 0 fully saturated rings. The molecule has 0 atom stereocenters. The van der Waals surface area contributed by atoms with Crippen molar-refractivity contribution in [3.05, 3.63) is 94.5 Å². The molecule has 32 heavy (non-hydrogen) atoms. The zero-order valence-electron chi connectivity index (χ0n) is 17.7. The van der Waals surface area contributed by atoms with Crippen molar-refractivity contribution < 1.29 is 14.3 Å². The fourth-order valence-electron chi connectivity index (χ4n) is 3.65. The minimum atomic E-state index is -0.485. The lowest BCUT2D eigenvalue weighted by atomic mass is 9.97. The van der Waals surface area contributed by atoms with E-state index in [9.17, 15) is 9.59 Å². The van der Waals surface area contributed by atoms with E-state index in [0.29, 0.717) is 33.0 Å². The highest BCUT2D eigenvalue weighted by Crippen LogP contribution is 2.31. The van der Waals surface area contributed by atoms with Gasteiger partial charge in [-0.05, 0) is 49.7 Å². The summed E-state index contributed by atoms with van der Waals surface area (Å²) in [5.74, 6) is -0.811. The van der Waals surface area contributed by atoms with Crippen LogP contribution < -0.4 is 5.32 Å². The predicted molar refractivity (Wildman–Crippen MR) is 127 cm³/mol. The second-order valence-corrected chi connectivity index (χ2v) is 7.64. The van der Waals surface area contributed by atoms with Crippen molar-refractivity contribution in [1.82, 2.24) is 4.98 Å².